The number of nitrogens with zero attached hydrogens (tertiary/aromatic N) is 3. The monoisotopic (exact) mass is 536 g/mol. The first-order chi connectivity index (χ1) is 18.9. The van der Waals surface area contributed by atoms with Crippen molar-refractivity contribution in [3.05, 3.63) is 42.1 Å². The van der Waals surface area contributed by atoms with Gasteiger partial charge in [-0.25, -0.2) is 4.98 Å². The van der Waals surface area contributed by atoms with Gasteiger partial charge in [-0.3, -0.25) is 4.79 Å². The molecule has 0 bridgehead atoms. The van der Waals surface area contributed by atoms with Crippen molar-refractivity contribution in [3.8, 4) is 0 Å². The van der Waals surface area contributed by atoms with Crippen LogP contribution in [0.25, 0.3) is 0 Å². The summed E-state index contributed by atoms with van der Waals surface area (Å²) in [5, 5.41) is 3.52. The topological polar surface area (TPSA) is 76.2 Å². The van der Waals surface area contributed by atoms with Gasteiger partial charge in [-0.1, -0.05) is 6.07 Å². The Morgan fingerprint density at radius 1 is 1.15 bits per heavy atom. The smallest absolute Gasteiger partial charge is 0.230 e. The molecule has 4 aliphatic rings. The first-order valence-electron chi connectivity index (χ1n) is 14.7. The van der Waals surface area contributed by atoms with Crippen LogP contribution in [0.5, 0.6) is 0 Å². The number of rotatable bonds is 5. The van der Waals surface area contributed by atoms with Crippen molar-refractivity contribution in [1.29, 1.82) is 0 Å². The Kier molecular flexibility index (Phi) is 7.53. The summed E-state index contributed by atoms with van der Waals surface area (Å²) in [5.74, 6) is 1.04. The van der Waals surface area contributed by atoms with Crippen molar-refractivity contribution in [3.63, 3.8) is 0 Å². The van der Waals surface area contributed by atoms with Gasteiger partial charge in [0, 0.05) is 51.4 Å². The number of methoxy groups -OCH3 is 1. The minimum absolute atomic E-state index is 0. The van der Waals surface area contributed by atoms with Gasteiger partial charge in [-0.2, -0.15) is 0 Å². The standard InChI is InChI=1S/C31H42N4O4.H2/c1-21(2)39-25-9-6-22(7-10-25)30(36)35-19-23-5-4-14-32-29(23)33-27-11-8-24(17-28(27)35)34-15-12-31(13-16-34)18-26(37-3)20-38-31;/h4-5,8,11,14,17,21-22,25-26H,6-7,9-10,12-13,15-16,18-20H2,1-3H3,(H,32,33);1H/t22?,25?,26-;/m1./s1. The molecule has 1 aromatic heterocycles. The molecule has 212 valence electrons. The first-order valence-corrected chi connectivity index (χ1v) is 14.7. The fourth-order valence-electron chi connectivity index (χ4n) is 6.83. The van der Waals surface area contributed by atoms with Crippen molar-refractivity contribution in [2.24, 2.45) is 5.92 Å². The van der Waals surface area contributed by atoms with Crippen LogP contribution >= 0.6 is 0 Å². The second-order valence-electron chi connectivity index (χ2n) is 12.0. The molecule has 3 aliphatic heterocycles. The Balaban J connectivity index is 0.00000323. The molecule has 1 amide bonds. The number of carbonyl (C=O) groups is 1. The third-order valence-corrected chi connectivity index (χ3v) is 9.05. The van der Waals surface area contributed by atoms with E-state index in [1.54, 1.807) is 13.3 Å². The zero-order chi connectivity index (χ0) is 27.0. The fourth-order valence-corrected chi connectivity index (χ4v) is 6.83. The highest BCUT2D eigenvalue weighted by atomic mass is 16.6. The van der Waals surface area contributed by atoms with E-state index in [9.17, 15) is 4.79 Å². The summed E-state index contributed by atoms with van der Waals surface area (Å²) >= 11 is 0. The average Bonchev–Trinajstić information content (AvgIpc) is 3.27. The maximum absolute atomic E-state index is 14.1. The zero-order valence-electron chi connectivity index (χ0n) is 23.5. The number of aromatic nitrogens is 1. The molecule has 1 spiro atoms. The number of ether oxygens (including phenoxy) is 3. The summed E-state index contributed by atoms with van der Waals surface area (Å²) in [4.78, 5) is 23.1. The van der Waals surface area contributed by atoms with Crippen LogP contribution in [-0.2, 0) is 25.5 Å². The molecule has 1 aliphatic carbocycles. The predicted octanol–water partition coefficient (Wildman–Crippen LogP) is 5.68. The van der Waals surface area contributed by atoms with E-state index in [0.717, 1.165) is 86.5 Å². The minimum atomic E-state index is -0.0577. The molecular formula is C31H44N4O4. The summed E-state index contributed by atoms with van der Waals surface area (Å²) in [5.41, 5.74) is 3.99. The van der Waals surface area contributed by atoms with E-state index in [0.29, 0.717) is 13.2 Å². The third-order valence-electron chi connectivity index (χ3n) is 9.05. The lowest BCUT2D eigenvalue weighted by molar-refractivity contribution is -0.124. The van der Waals surface area contributed by atoms with E-state index in [2.05, 4.69) is 53.3 Å². The molecule has 0 radical (unpaired) electrons. The van der Waals surface area contributed by atoms with Gasteiger partial charge >= 0.3 is 0 Å². The molecule has 6 rings (SSSR count). The molecule has 39 heavy (non-hydrogen) atoms. The van der Waals surface area contributed by atoms with Crippen molar-refractivity contribution < 1.29 is 20.4 Å². The molecule has 1 atom stereocenters. The molecule has 2 saturated heterocycles. The lowest BCUT2D eigenvalue weighted by atomic mass is 9.86. The Bertz CT molecular complexity index is 1180. The number of hydrogen-bond donors (Lipinski definition) is 1. The summed E-state index contributed by atoms with van der Waals surface area (Å²) < 4.78 is 17.8. The van der Waals surface area contributed by atoms with Gasteiger partial charge in [-0.15, -0.1) is 0 Å². The minimum Gasteiger partial charge on any atom is -0.379 e. The number of piperidine rings is 1. The summed E-state index contributed by atoms with van der Waals surface area (Å²) in [6.45, 7) is 7.24. The largest absolute Gasteiger partial charge is 0.379 e. The fraction of sp³-hybridized carbons (Fsp3) is 0.613. The van der Waals surface area contributed by atoms with E-state index < -0.39 is 0 Å². The van der Waals surface area contributed by atoms with Crippen LogP contribution in [0.15, 0.2) is 36.5 Å². The highest BCUT2D eigenvalue weighted by Crippen LogP contribution is 2.42. The van der Waals surface area contributed by atoms with Crippen molar-refractivity contribution in [2.75, 3.05) is 41.9 Å². The Morgan fingerprint density at radius 2 is 1.95 bits per heavy atom. The summed E-state index contributed by atoms with van der Waals surface area (Å²) in [6, 6.07) is 10.5. The van der Waals surface area contributed by atoms with Gasteiger partial charge in [0.05, 0.1) is 48.4 Å². The van der Waals surface area contributed by atoms with Gasteiger partial charge in [0.25, 0.3) is 0 Å². The molecule has 8 nitrogen and oxygen atoms in total. The first kappa shape index (κ1) is 26.5. The number of nitrogens with one attached hydrogen (secondary N) is 1. The Morgan fingerprint density at radius 3 is 2.67 bits per heavy atom. The lowest BCUT2D eigenvalue weighted by Crippen LogP contribution is -2.44. The molecule has 3 fully saturated rings. The van der Waals surface area contributed by atoms with Crippen LogP contribution in [0.2, 0.25) is 0 Å². The van der Waals surface area contributed by atoms with Gasteiger partial charge < -0.3 is 29.3 Å². The molecule has 1 saturated carbocycles. The highest BCUT2D eigenvalue weighted by molar-refractivity contribution is 6.00. The van der Waals surface area contributed by atoms with E-state index in [1.807, 2.05) is 11.0 Å². The third kappa shape index (κ3) is 5.52. The molecule has 1 N–H and O–H groups in total. The second-order valence-corrected chi connectivity index (χ2v) is 12.0. The van der Waals surface area contributed by atoms with E-state index in [4.69, 9.17) is 14.2 Å². The lowest BCUT2D eigenvalue weighted by Gasteiger charge is -2.40. The van der Waals surface area contributed by atoms with Crippen LogP contribution in [0, 0.1) is 5.92 Å². The van der Waals surface area contributed by atoms with E-state index >= 15 is 0 Å². The van der Waals surface area contributed by atoms with Crippen LogP contribution in [0.4, 0.5) is 22.9 Å². The Labute approximate surface area is 233 Å². The van der Waals surface area contributed by atoms with Crippen LogP contribution in [-0.4, -0.2) is 61.6 Å². The van der Waals surface area contributed by atoms with Gasteiger partial charge in [0.2, 0.25) is 5.91 Å². The number of pyridine rings is 1. The molecule has 2 aromatic rings. The zero-order valence-corrected chi connectivity index (χ0v) is 23.5. The molecule has 1 aromatic carbocycles. The van der Waals surface area contributed by atoms with Crippen LogP contribution in [0.1, 0.15) is 65.8 Å². The summed E-state index contributed by atoms with van der Waals surface area (Å²) in [6.07, 6.45) is 9.05. The van der Waals surface area contributed by atoms with Crippen molar-refractivity contribution >= 4 is 28.8 Å². The summed E-state index contributed by atoms with van der Waals surface area (Å²) in [7, 11) is 1.78. The average molecular weight is 537 g/mol. The molecule has 4 heterocycles. The number of amides is 1. The van der Waals surface area contributed by atoms with Crippen molar-refractivity contribution in [1.82, 2.24) is 4.98 Å². The van der Waals surface area contributed by atoms with E-state index in [-0.39, 0.29) is 37.2 Å². The number of hydrogen-bond acceptors (Lipinski definition) is 7. The normalized spacial score (nSPS) is 26.2. The van der Waals surface area contributed by atoms with E-state index in [1.165, 1.54) is 0 Å². The number of anilines is 4. The quantitative estimate of drug-likeness (QED) is 0.527. The molecular weight excluding hydrogens is 492 g/mol. The van der Waals surface area contributed by atoms with Crippen LogP contribution < -0.4 is 15.1 Å². The number of carbonyl (C=O) groups excluding carboxylic acids is 1. The molecule has 8 heteroatoms. The van der Waals surface area contributed by atoms with Crippen LogP contribution in [0.3, 0.4) is 0 Å². The highest BCUT2D eigenvalue weighted by Gasteiger charge is 2.43. The van der Waals surface area contributed by atoms with Gasteiger partial charge in [-0.05, 0) is 76.6 Å². The second kappa shape index (κ2) is 11.1. The Hall–Kier alpha value is -2.68. The predicted molar refractivity (Wildman–Crippen MR) is 155 cm³/mol. The SMILES string of the molecule is CO[C@H]1COC2(CCN(c3ccc4c(c3)N(C(=O)C3CCC(OC(C)C)CC3)Cc3cccnc3N4)CC2)C1.[HH]. The number of benzene rings is 1. The maximum atomic E-state index is 14.1. The van der Waals surface area contributed by atoms with Crippen molar-refractivity contribution in [2.45, 2.75) is 89.3 Å². The maximum Gasteiger partial charge on any atom is 0.230 e. The number of fused-ring (bicyclic) bond motifs is 2. The van der Waals surface area contributed by atoms with Gasteiger partial charge in [0.15, 0.2) is 0 Å². The molecule has 0 unspecified atom stereocenters. The van der Waals surface area contributed by atoms with Gasteiger partial charge in [0.1, 0.15) is 5.82 Å².